The molecule has 0 aliphatic heterocycles. The molecular formula is C115H108IrN5. The molecule has 0 N–H and O–H groups in total. The molecule has 1 aliphatic carbocycles. The number of fused-ring (bicyclic) bond motifs is 6. The summed E-state index contributed by atoms with van der Waals surface area (Å²) < 4.78 is 0. The quantitative estimate of drug-likeness (QED) is 0.0756. The minimum atomic E-state index is -0.140. The summed E-state index contributed by atoms with van der Waals surface area (Å²) >= 11 is 0. The second kappa shape index (κ2) is 37.1. The van der Waals surface area contributed by atoms with Gasteiger partial charge in [-0.05, 0) is 263 Å². The normalized spacial score (nSPS) is 11.9. The Morgan fingerprint density at radius 3 is 1.02 bits per heavy atom. The van der Waals surface area contributed by atoms with Gasteiger partial charge in [-0.3, -0.25) is 0 Å². The van der Waals surface area contributed by atoms with Crippen molar-refractivity contribution in [3.8, 4) is 44.9 Å². The zero-order chi connectivity index (χ0) is 83.8. The fourth-order valence-electron chi connectivity index (χ4n) is 17.2. The van der Waals surface area contributed by atoms with E-state index in [9.17, 15) is 0 Å². The first-order chi connectivity index (χ1) is 58.0. The van der Waals surface area contributed by atoms with Gasteiger partial charge < -0.3 is 24.8 Å². The van der Waals surface area contributed by atoms with Gasteiger partial charge in [0.2, 0.25) is 0 Å². The molecule has 0 saturated heterocycles. The number of nitrogens with zero attached hydrogens (tertiary/aromatic N) is 5. The van der Waals surface area contributed by atoms with E-state index in [-0.39, 0.29) is 36.4 Å². The molecule has 14 aromatic carbocycles. The molecule has 0 saturated carbocycles. The maximum atomic E-state index is 4.74. The van der Waals surface area contributed by atoms with Gasteiger partial charge in [0.05, 0.1) is 11.4 Å². The molecule has 1 aliphatic rings. The monoisotopic (exact) mass is 1750 g/mol. The largest absolute Gasteiger partial charge is 3.00 e. The average molecular weight is 1750 g/mol. The molecule has 18 rings (SSSR count). The first kappa shape index (κ1) is 85.0. The molecule has 5 nitrogen and oxygen atoms in total. The molecular weight excluding hydrogens is 1640 g/mol. The first-order valence-electron chi connectivity index (χ1n) is 42.3. The molecule has 602 valence electrons. The number of anilines is 6. The zero-order valence-electron chi connectivity index (χ0n) is 72.7. The number of pyridine rings is 3. The van der Waals surface area contributed by atoms with Crippen LogP contribution in [0.4, 0.5) is 34.1 Å². The predicted octanol–water partition coefficient (Wildman–Crippen LogP) is 30.8. The topological polar surface area (TPSA) is 45.2 Å². The summed E-state index contributed by atoms with van der Waals surface area (Å²) in [7, 11) is 0. The summed E-state index contributed by atoms with van der Waals surface area (Å²) in [4.78, 5) is 18.5. The molecule has 121 heavy (non-hydrogen) atoms. The summed E-state index contributed by atoms with van der Waals surface area (Å²) in [5.41, 5.74) is 36.1. The van der Waals surface area contributed by atoms with Crippen molar-refractivity contribution in [1.82, 2.24) is 15.0 Å². The standard InChI is InChI=1S/C44H52N2.C41H36N.2C15H10N.Ir/c1-29-13-17-37(18-14-29)45(41-31(3)25-35(26-32(41)4)43(7,8)9)39-21-23-40(24-22-39)46(38-19-15-30(2)16-20-38)42-33(5)27-36(28-34(42)6)44(10,11)12;1-28-14-18-34(19-15-28)41(38-25-29(2)16-20-36(38)37-21-17-30(3)26-39(37)41)23-7-6-9-31-10-8-12-33(27-31)40-35-13-5-4-11-32(35)22-24-42-40;2*1-2-7-13(8-3-1)15-14-9-5-4-6-12(14)10-11-16-15;/h13-28H,1-12H3;4-5,8,10-11,13-22,24-27H,6-7,9,23H2,1-3H3;2*1-7,9-11H;/q;3*-1;+3. The van der Waals surface area contributed by atoms with E-state index >= 15 is 0 Å². The first-order valence-corrected chi connectivity index (χ1v) is 42.3. The van der Waals surface area contributed by atoms with Gasteiger partial charge in [-0.1, -0.05) is 264 Å². The van der Waals surface area contributed by atoms with Crippen LogP contribution in [0.5, 0.6) is 0 Å². The Bertz CT molecular complexity index is 6090. The molecule has 0 unspecified atom stereocenters. The van der Waals surface area contributed by atoms with E-state index in [1.807, 2.05) is 104 Å². The van der Waals surface area contributed by atoms with E-state index in [1.54, 1.807) is 0 Å². The zero-order valence-corrected chi connectivity index (χ0v) is 75.0. The van der Waals surface area contributed by atoms with Crippen LogP contribution < -0.4 is 9.80 Å². The minimum Gasteiger partial charge on any atom is -0.310 e. The van der Waals surface area contributed by atoms with Crippen LogP contribution in [-0.2, 0) is 42.8 Å². The molecule has 17 aromatic rings. The summed E-state index contributed by atoms with van der Waals surface area (Å²) in [6, 6.07) is 123. The number of hydrogen-bond acceptors (Lipinski definition) is 5. The number of unbranched alkanes of at least 4 members (excludes halogenated alkanes) is 1. The van der Waals surface area contributed by atoms with Crippen molar-refractivity contribution in [2.75, 3.05) is 9.80 Å². The Labute approximate surface area is 732 Å². The molecule has 0 radical (unpaired) electrons. The molecule has 0 fully saturated rings. The Kier molecular flexibility index (Phi) is 26.0. The number of aromatic nitrogens is 3. The van der Waals surface area contributed by atoms with Crippen molar-refractivity contribution in [2.45, 2.75) is 146 Å². The van der Waals surface area contributed by atoms with Crippen molar-refractivity contribution >= 4 is 66.4 Å². The molecule has 3 aromatic heterocycles. The van der Waals surface area contributed by atoms with Crippen LogP contribution in [-0.4, -0.2) is 15.0 Å². The van der Waals surface area contributed by atoms with Crippen molar-refractivity contribution < 1.29 is 20.1 Å². The van der Waals surface area contributed by atoms with E-state index < -0.39 is 0 Å². The van der Waals surface area contributed by atoms with Crippen molar-refractivity contribution in [1.29, 1.82) is 0 Å². The van der Waals surface area contributed by atoms with Gasteiger partial charge in [-0.2, -0.15) is 0 Å². The Hall–Kier alpha value is -12.4. The van der Waals surface area contributed by atoms with E-state index in [0.717, 1.165) is 82.2 Å². The molecule has 0 spiro atoms. The smallest absolute Gasteiger partial charge is 0.310 e. The molecule has 0 atom stereocenters. The van der Waals surface area contributed by atoms with Crippen LogP contribution in [0.3, 0.4) is 0 Å². The molecule has 6 heteroatoms. The van der Waals surface area contributed by atoms with E-state index in [4.69, 9.17) is 4.98 Å². The average Bonchev–Trinajstić information content (AvgIpc) is 1.55. The van der Waals surface area contributed by atoms with Crippen LogP contribution in [0.25, 0.3) is 77.2 Å². The fraction of sp³-hybridized carbons (Fsp3) is 0.191. The third-order valence-corrected chi connectivity index (χ3v) is 23.6. The summed E-state index contributed by atoms with van der Waals surface area (Å²) in [5.74, 6) is 0. The van der Waals surface area contributed by atoms with Crippen LogP contribution in [0.2, 0.25) is 0 Å². The van der Waals surface area contributed by atoms with Crippen LogP contribution >= 0.6 is 0 Å². The van der Waals surface area contributed by atoms with Crippen LogP contribution in [0.15, 0.2) is 334 Å². The predicted molar refractivity (Wildman–Crippen MR) is 510 cm³/mol. The van der Waals surface area contributed by atoms with Gasteiger partial charge in [0.25, 0.3) is 0 Å². The second-order valence-electron chi connectivity index (χ2n) is 34.7. The summed E-state index contributed by atoms with van der Waals surface area (Å²) in [6.45, 7) is 33.7. The van der Waals surface area contributed by atoms with Gasteiger partial charge in [0, 0.05) is 46.8 Å². The summed E-state index contributed by atoms with van der Waals surface area (Å²) in [5, 5.41) is 7.16. The second-order valence-corrected chi connectivity index (χ2v) is 34.7. The van der Waals surface area contributed by atoms with Gasteiger partial charge in [0.1, 0.15) is 0 Å². The number of hydrogen-bond donors (Lipinski definition) is 0. The molecule has 3 heterocycles. The van der Waals surface area contributed by atoms with Crippen molar-refractivity contribution in [3.05, 3.63) is 436 Å². The maximum Gasteiger partial charge on any atom is 3.00 e. The fourth-order valence-corrected chi connectivity index (χ4v) is 17.2. The third kappa shape index (κ3) is 18.8. The van der Waals surface area contributed by atoms with Gasteiger partial charge >= 0.3 is 20.1 Å². The summed E-state index contributed by atoms with van der Waals surface area (Å²) in [6.07, 6.45) is 9.98. The molecule has 0 bridgehead atoms. The Morgan fingerprint density at radius 1 is 0.314 bits per heavy atom. The SMILES string of the molecule is Cc1ccc(C2(CCCCc3cc[c-]c(-c4nccc5ccccc45)c3)c3cc(C)ccc3-c3ccc(C)cc32)cc1.Cc1ccc(N(c2ccc(N(c3ccc(C)cc3)c3c(C)cc(C(C)(C)C)cc3C)cc2)c2c(C)cc(C(C)(C)C)cc2C)cc1.[Ir+3].[c-]1ccccc1-c1nccc2ccccc12.[c-]1ccccc1-c1nccc2ccccc12. The Balaban J connectivity index is 0.000000144. The number of benzene rings is 14. The van der Waals surface area contributed by atoms with E-state index in [2.05, 4.69) is 372 Å². The number of aryl methyl sites for hydroxylation is 10. The van der Waals surface area contributed by atoms with E-state index in [1.165, 1.54) is 138 Å². The van der Waals surface area contributed by atoms with Gasteiger partial charge in [0.15, 0.2) is 0 Å². The maximum absolute atomic E-state index is 4.74. The van der Waals surface area contributed by atoms with E-state index in [0.29, 0.717) is 0 Å². The van der Waals surface area contributed by atoms with Crippen LogP contribution in [0.1, 0.15) is 144 Å². The van der Waals surface area contributed by atoms with Gasteiger partial charge in [-0.25, -0.2) is 0 Å². The number of rotatable bonds is 15. The van der Waals surface area contributed by atoms with Gasteiger partial charge in [-0.15, -0.1) is 107 Å². The minimum absolute atomic E-state index is 0. The Morgan fingerprint density at radius 2 is 0.653 bits per heavy atom. The third-order valence-electron chi connectivity index (χ3n) is 23.6. The molecule has 0 amide bonds. The van der Waals surface area contributed by atoms with Crippen molar-refractivity contribution in [3.63, 3.8) is 0 Å². The van der Waals surface area contributed by atoms with Crippen molar-refractivity contribution in [2.24, 2.45) is 0 Å². The van der Waals surface area contributed by atoms with Crippen LogP contribution in [0, 0.1) is 80.5 Å².